The van der Waals surface area contributed by atoms with E-state index in [1.54, 1.807) is 7.11 Å². The molecule has 0 saturated carbocycles. The van der Waals surface area contributed by atoms with Crippen molar-refractivity contribution in [2.75, 3.05) is 26.7 Å². The molecule has 3 aliphatic heterocycles. The highest BCUT2D eigenvalue weighted by Gasteiger charge is 2.24. The summed E-state index contributed by atoms with van der Waals surface area (Å²) in [7, 11) is 1.68. The highest BCUT2D eigenvalue weighted by atomic mass is 16.5. The van der Waals surface area contributed by atoms with Crippen LogP contribution >= 0.6 is 0 Å². The topological polar surface area (TPSA) is 111 Å². The fraction of sp³-hybridized carbons (Fsp3) is 0.400. The lowest BCUT2D eigenvalue weighted by atomic mass is 9.99. The summed E-state index contributed by atoms with van der Waals surface area (Å²) in [4.78, 5) is 35.6. The molecule has 0 saturated heterocycles. The summed E-state index contributed by atoms with van der Waals surface area (Å²) in [5, 5.41) is 12.1. The third kappa shape index (κ3) is 7.46. The first-order chi connectivity index (χ1) is 26.3. The fourth-order valence-corrected chi connectivity index (χ4v) is 8.64. The number of aryl methyl sites for hydroxylation is 3. The smallest absolute Gasteiger partial charge is 0.268 e. The predicted octanol–water partition coefficient (Wildman–Crippen LogP) is 7.48. The van der Waals surface area contributed by atoms with Crippen molar-refractivity contribution in [2.24, 2.45) is 11.8 Å². The van der Waals surface area contributed by atoms with Crippen LogP contribution < -0.4 is 20.7 Å². The van der Waals surface area contributed by atoms with Crippen molar-refractivity contribution in [1.29, 1.82) is 0 Å². The molecule has 10 nitrogen and oxygen atoms in total. The molecule has 0 bridgehead atoms. The third-order valence-corrected chi connectivity index (χ3v) is 10.6. The van der Waals surface area contributed by atoms with Crippen molar-refractivity contribution in [1.82, 2.24) is 29.7 Å². The standard InChI is InChI=1S/C16H20N2O2.C16H20N2O.C13H14N2O/c1-10(2)6-11-7-13(20-3)8-12-9-14-16(19)17-4-5-18(14)15(11)12;1-10(2)6-12-7-11(3)8-13-9-14-16(19)17-4-5-18(14)15(12)13;1-8-5-9(2)12-10(6-8)7-11-13(16)14-3-4-15(11)12/h7-10H,4-6H2,1-3H3,(H,17,19);7-10H,4-6H2,1-3H3,(H,17,19);5-7H,3-4H2,1-2H3,(H,14,16). The number of hydrogen-bond acceptors (Lipinski definition) is 4. The van der Waals surface area contributed by atoms with Crippen LogP contribution in [0.3, 0.4) is 0 Å². The molecule has 0 spiro atoms. The van der Waals surface area contributed by atoms with E-state index in [-0.39, 0.29) is 17.7 Å². The minimum Gasteiger partial charge on any atom is -0.497 e. The molecule has 3 amide bonds. The van der Waals surface area contributed by atoms with Gasteiger partial charge in [-0.05, 0) is 105 Å². The molecule has 0 atom stereocenters. The Hall–Kier alpha value is -5.51. The molecule has 10 heteroatoms. The van der Waals surface area contributed by atoms with Gasteiger partial charge >= 0.3 is 0 Å². The maximum atomic E-state index is 12.0. The number of nitrogens with zero attached hydrogens (tertiary/aromatic N) is 3. The van der Waals surface area contributed by atoms with Crippen LogP contribution in [-0.2, 0) is 32.5 Å². The van der Waals surface area contributed by atoms with Crippen LogP contribution in [0.1, 0.15) is 87.0 Å². The average molecular weight is 743 g/mol. The van der Waals surface area contributed by atoms with Crippen molar-refractivity contribution >= 4 is 50.4 Å². The van der Waals surface area contributed by atoms with E-state index in [0.717, 1.165) is 73.8 Å². The lowest BCUT2D eigenvalue weighted by Gasteiger charge is -2.18. The van der Waals surface area contributed by atoms with Gasteiger partial charge in [0.05, 0.1) is 23.7 Å². The molecule has 3 aromatic carbocycles. The molecular weight excluding hydrogens is 689 g/mol. The quantitative estimate of drug-likeness (QED) is 0.170. The van der Waals surface area contributed by atoms with Gasteiger partial charge in [-0.2, -0.15) is 0 Å². The normalized spacial score (nSPS) is 14.8. The van der Waals surface area contributed by atoms with Crippen LogP contribution in [0.5, 0.6) is 5.75 Å². The van der Waals surface area contributed by atoms with E-state index >= 15 is 0 Å². The van der Waals surface area contributed by atoms with Crippen LogP contribution in [0, 0.1) is 32.6 Å². The van der Waals surface area contributed by atoms with Crippen LogP contribution in [0.2, 0.25) is 0 Å². The van der Waals surface area contributed by atoms with E-state index in [0.29, 0.717) is 18.4 Å². The van der Waals surface area contributed by atoms with E-state index < -0.39 is 0 Å². The molecule has 0 fully saturated rings. The summed E-state index contributed by atoms with van der Waals surface area (Å²) in [6, 6.07) is 18.9. The summed E-state index contributed by atoms with van der Waals surface area (Å²) in [5.41, 5.74) is 12.4. The predicted molar refractivity (Wildman–Crippen MR) is 221 cm³/mol. The molecule has 55 heavy (non-hydrogen) atoms. The Labute approximate surface area is 323 Å². The summed E-state index contributed by atoms with van der Waals surface area (Å²) >= 11 is 0. The van der Waals surface area contributed by atoms with E-state index in [9.17, 15) is 14.4 Å². The van der Waals surface area contributed by atoms with Gasteiger partial charge in [-0.3, -0.25) is 14.4 Å². The van der Waals surface area contributed by atoms with Crippen LogP contribution in [0.4, 0.5) is 0 Å². The van der Waals surface area contributed by atoms with Gasteiger partial charge in [-0.25, -0.2) is 0 Å². The van der Waals surface area contributed by atoms with E-state index in [4.69, 9.17) is 4.74 Å². The molecule has 0 aliphatic carbocycles. The van der Waals surface area contributed by atoms with Crippen molar-refractivity contribution in [3.05, 3.63) is 99.5 Å². The second kappa shape index (κ2) is 15.3. The minimum absolute atomic E-state index is 0.0157. The van der Waals surface area contributed by atoms with Crippen LogP contribution in [0.15, 0.2) is 54.6 Å². The van der Waals surface area contributed by atoms with Crippen molar-refractivity contribution < 1.29 is 19.1 Å². The number of benzene rings is 3. The Bertz CT molecular complexity index is 2460. The largest absolute Gasteiger partial charge is 0.497 e. The van der Waals surface area contributed by atoms with Gasteiger partial charge < -0.3 is 34.4 Å². The SMILES string of the molecule is COc1cc(CC(C)C)c2c(c1)cc1n2CCNC1=O.Cc1cc(C)c2c(c1)cc1n2CCNC1=O.Cc1cc(CC(C)C)c2c(c1)cc1n2CCNC1=O. The highest BCUT2D eigenvalue weighted by Crippen LogP contribution is 2.32. The van der Waals surface area contributed by atoms with Crippen LogP contribution in [-0.4, -0.2) is 58.2 Å². The Kier molecular flexibility index (Phi) is 10.5. The zero-order valence-corrected chi connectivity index (χ0v) is 33.5. The van der Waals surface area contributed by atoms with Crippen molar-refractivity contribution in [3.63, 3.8) is 0 Å². The van der Waals surface area contributed by atoms with Gasteiger partial charge in [-0.1, -0.05) is 51.0 Å². The molecule has 6 heterocycles. The Morgan fingerprint density at radius 2 is 0.945 bits per heavy atom. The Balaban J connectivity index is 0.000000128. The van der Waals surface area contributed by atoms with Crippen LogP contribution in [0.25, 0.3) is 32.7 Å². The van der Waals surface area contributed by atoms with Gasteiger partial charge in [-0.15, -0.1) is 0 Å². The van der Waals surface area contributed by atoms with E-state index in [2.05, 4.69) is 108 Å². The number of hydrogen-bond donors (Lipinski definition) is 3. The van der Waals surface area contributed by atoms with Gasteiger partial charge in [0.2, 0.25) is 0 Å². The summed E-state index contributed by atoms with van der Waals surface area (Å²) in [5.74, 6) is 2.15. The molecule has 3 N–H and O–H groups in total. The Morgan fingerprint density at radius 1 is 0.545 bits per heavy atom. The molecule has 0 radical (unpaired) electrons. The van der Waals surface area contributed by atoms with Gasteiger partial charge in [0.15, 0.2) is 0 Å². The second-order valence-electron chi connectivity index (χ2n) is 16.1. The number of carbonyl (C=O) groups is 3. The number of aromatic nitrogens is 3. The van der Waals surface area contributed by atoms with E-state index in [1.807, 2.05) is 24.3 Å². The lowest BCUT2D eigenvalue weighted by molar-refractivity contribution is 0.0921. The molecule has 6 aromatic rings. The molecule has 3 aromatic heterocycles. The first-order valence-electron chi connectivity index (χ1n) is 19.6. The molecule has 288 valence electrons. The van der Waals surface area contributed by atoms with Gasteiger partial charge in [0.1, 0.15) is 22.8 Å². The molecule has 0 unspecified atom stereocenters. The zero-order valence-electron chi connectivity index (χ0n) is 33.5. The number of rotatable bonds is 5. The highest BCUT2D eigenvalue weighted by molar-refractivity contribution is 6.02. The monoisotopic (exact) mass is 742 g/mol. The summed E-state index contributed by atoms with van der Waals surface area (Å²) in [6.07, 6.45) is 2.04. The van der Waals surface area contributed by atoms with Gasteiger partial charge in [0, 0.05) is 55.4 Å². The second-order valence-corrected chi connectivity index (χ2v) is 16.1. The number of carbonyl (C=O) groups excluding carboxylic acids is 3. The maximum absolute atomic E-state index is 12.0. The molecular formula is C45H54N6O4. The lowest BCUT2D eigenvalue weighted by Crippen LogP contribution is -2.35. The summed E-state index contributed by atoms with van der Waals surface area (Å²) < 4.78 is 11.9. The number of nitrogens with one attached hydrogen (secondary N) is 3. The Morgan fingerprint density at radius 3 is 1.40 bits per heavy atom. The first kappa shape index (κ1) is 37.8. The minimum atomic E-state index is 0.0157. The van der Waals surface area contributed by atoms with Crippen molar-refractivity contribution in [3.8, 4) is 5.75 Å². The molecule has 9 rings (SSSR count). The maximum Gasteiger partial charge on any atom is 0.268 e. The third-order valence-electron chi connectivity index (χ3n) is 10.6. The summed E-state index contributed by atoms with van der Waals surface area (Å²) in [6.45, 7) is 19.9. The number of ether oxygens (including phenoxy) is 1. The molecule has 3 aliphatic rings. The fourth-order valence-electron chi connectivity index (χ4n) is 8.64. The average Bonchev–Trinajstić information content (AvgIpc) is 3.81. The number of methoxy groups -OCH3 is 1. The first-order valence-corrected chi connectivity index (χ1v) is 19.6. The van der Waals surface area contributed by atoms with Crippen molar-refractivity contribution in [2.45, 2.75) is 80.9 Å². The number of fused-ring (bicyclic) bond motifs is 9. The van der Waals surface area contributed by atoms with Gasteiger partial charge in [0.25, 0.3) is 17.7 Å². The number of amides is 3. The van der Waals surface area contributed by atoms with E-state index in [1.165, 1.54) is 55.1 Å². The zero-order chi connectivity index (χ0) is 39.1.